The first kappa shape index (κ1) is 20.0. The predicted molar refractivity (Wildman–Crippen MR) is 99.8 cm³/mol. The molecule has 0 spiro atoms. The van der Waals surface area contributed by atoms with Crippen LogP contribution in [0.1, 0.15) is 21.6 Å². The molecule has 1 aromatic carbocycles. The Kier molecular flexibility index (Phi) is 5.78. The number of carbonyl (C=O) groups excluding carboxylic acids is 2. The molecule has 3 amide bonds. The van der Waals surface area contributed by atoms with Gasteiger partial charge < -0.3 is 15.4 Å². The number of nitrogens with two attached hydrogens (primary N) is 2. The number of morpholine rings is 1. The molecule has 10 heteroatoms. The lowest BCUT2D eigenvalue weighted by molar-refractivity contribution is -0.102. The zero-order valence-electron chi connectivity index (χ0n) is 14.8. The third-order valence-corrected chi connectivity index (χ3v) is 4.92. The number of aromatic nitrogens is 1. The van der Waals surface area contributed by atoms with Gasteiger partial charge in [0.05, 0.1) is 23.7 Å². The van der Waals surface area contributed by atoms with Gasteiger partial charge in [0, 0.05) is 24.9 Å². The van der Waals surface area contributed by atoms with Gasteiger partial charge in [-0.2, -0.15) is 0 Å². The number of ether oxygens (including phenoxy) is 1. The van der Waals surface area contributed by atoms with Gasteiger partial charge in [0.15, 0.2) is 0 Å². The summed E-state index contributed by atoms with van der Waals surface area (Å²) in [6.45, 7) is 0.734. The van der Waals surface area contributed by atoms with Crippen LogP contribution < -0.4 is 17.0 Å². The topological polar surface area (TPSA) is 124 Å². The normalized spacial score (nSPS) is 19.3. The number of urea groups is 1. The van der Waals surface area contributed by atoms with Gasteiger partial charge in [0.25, 0.3) is 5.91 Å². The minimum Gasteiger partial charge on any atom is -0.366 e. The number of amides is 3. The first-order valence-electron chi connectivity index (χ1n) is 8.44. The molecule has 1 fully saturated rings. The SMILES string of the molecule is NNC(=O)c1ccc(CC2(c3ccc(F)c(Cl)c3)CN(C(N)=O)CCO2)nc1. The maximum atomic E-state index is 13.7. The van der Waals surface area contributed by atoms with E-state index in [0.29, 0.717) is 23.4 Å². The van der Waals surface area contributed by atoms with Crippen molar-refractivity contribution in [3.63, 3.8) is 0 Å². The van der Waals surface area contributed by atoms with E-state index < -0.39 is 23.4 Å². The third kappa shape index (κ3) is 4.06. The van der Waals surface area contributed by atoms with Crippen LogP contribution in [0.2, 0.25) is 5.02 Å². The maximum Gasteiger partial charge on any atom is 0.314 e. The van der Waals surface area contributed by atoms with E-state index in [-0.39, 0.29) is 24.6 Å². The van der Waals surface area contributed by atoms with Crippen molar-refractivity contribution in [3.05, 3.63) is 64.2 Å². The Morgan fingerprint density at radius 1 is 1.36 bits per heavy atom. The van der Waals surface area contributed by atoms with E-state index in [1.807, 2.05) is 5.43 Å². The molecular weight excluding hydrogens is 389 g/mol. The minimum atomic E-state index is -1.02. The van der Waals surface area contributed by atoms with Crippen LogP contribution >= 0.6 is 11.6 Å². The number of primary amides is 1. The number of nitrogens with one attached hydrogen (secondary N) is 1. The summed E-state index contributed by atoms with van der Waals surface area (Å²) in [5, 5.41) is -0.0559. The number of nitrogens with zero attached hydrogens (tertiary/aromatic N) is 2. The van der Waals surface area contributed by atoms with Crippen molar-refractivity contribution in [3.8, 4) is 0 Å². The second-order valence-electron chi connectivity index (χ2n) is 6.42. The standard InChI is InChI=1S/C18H19ClFN5O3/c19-14-7-12(2-4-15(14)20)18(10-25(17(21)27)5-6-28-18)8-13-3-1-11(9-23-13)16(26)24-22/h1-4,7,9H,5-6,8,10,22H2,(H2,21,27)(H,24,26). The number of carbonyl (C=O) groups is 2. The fourth-order valence-corrected chi connectivity index (χ4v) is 3.36. The highest BCUT2D eigenvalue weighted by Crippen LogP contribution is 2.35. The van der Waals surface area contributed by atoms with E-state index in [1.165, 1.54) is 23.2 Å². The molecule has 3 rings (SSSR count). The van der Waals surface area contributed by atoms with Gasteiger partial charge in [-0.25, -0.2) is 15.0 Å². The lowest BCUT2D eigenvalue weighted by Gasteiger charge is -2.42. The predicted octanol–water partition coefficient (Wildman–Crippen LogP) is 1.33. The van der Waals surface area contributed by atoms with Crippen LogP contribution in [0.15, 0.2) is 36.5 Å². The molecule has 0 radical (unpaired) electrons. The summed E-state index contributed by atoms with van der Waals surface area (Å²) in [6, 6.07) is 6.92. The molecule has 0 bridgehead atoms. The van der Waals surface area contributed by atoms with Crippen LogP contribution in [-0.4, -0.2) is 41.5 Å². The molecule has 1 saturated heterocycles. The van der Waals surface area contributed by atoms with Gasteiger partial charge in [-0.3, -0.25) is 15.2 Å². The van der Waals surface area contributed by atoms with Crippen molar-refractivity contribution in [1.29, 1.82) is 0 Å². The van der Waals surface area contributed by atoms with Gasteiger partial charge in [0.2, 0.25) is 0 Å². The number of nitrogen functional groups attached to an aromatic ring is 1. The Morgan fingerprint density at radius 2 is 2.14 bits per heavy atom. The Morgan fingerprint density at radius 3 is 2.75 bits per heavy atom. The highest BCUT2D eigenvalue weighted by Gasteiger charge is 2.40. The average Bonchev–Trinajstić information content (AvgIpc) is 2.70. The summed E-state index contributed by atoms with van der Waals surface area (Å²) in [6.07, 6.45) is 1.64. The first-order chi connectivity index (χ1) is 13.3. The van der Waals surface area contributed by atoms with E-state index >= 15 is 0 Å². The van der Waals surface area contributed by atoms with Crippen LogP contribution in [0.5, 0.6) is 0 Å². The second-order valence-corrected chi connectivity index (χ2v) is 6.83. The smallest absolute Gasteiger partial charge is 0.314 e. The number of rotatable bonds is 4. The molecule has 2 aromatic rings. The van der Waals surface area contributed by atoms with Crippen molar-refractivity contribution in [2.45, 2.75) is 12.0 Å². The van der Waals surface area contributed by atoms with Gasteiger partial charge in [-0.1, -0.05) is 17.7 Å². The first-order valence-corrected chi connectivity index (χ1v) is 8.82. The second kappa shape index (κ2) is 8.09. The van der Waals surface area contributed by atoms with Crippen molar-refractivity contribution in [1.82, 2.24) is 15.3 Å². The number of pyridine rings is 1. The van der Waals surface area contributed by atoms with Crippen molar-refractivity contribution < 1.29 is 18.7 Å². The number of hydrogen-bond acceptors (Lipinski definition) is 5. The lowest BCUT2D eigenvalue weighted by Crippen LogP contribution is -2.54. The molecule has 148 valence electrons. The number of hydrogen-bond donors (Lipinski definition) is 3. The van der Waals surface area contributed by atoms with Crippen LogP contribution in [-0.2, 0) is 16.8 Å². The molecule has 0 aliphatic carbocycles. The number of benzene rings is 1. The maximum absolute atomic E-state index is 13.7. The Bertz CT molecular complexity index is 895. The van der Waals surface area contributed by atoms with Crippen molar-refractivity contribution >= 4 is 23.5 Å². The van der Waals surface area contributed by atoms with Crippen LogP contribution in [0.3, 0.4) is 0 Å². The quantitative estimate of drug-likeness (QED) is 0.400. The molecule has 1 aliphatic heterocycles. The summed E-state index contributed by atoms with van der Waals surface area (Å²) in [5.41, 5.74) is 7.96. The van der Waals surface area contributed by atoms with E-state index in [2.05, 4.69) is 4.98 Å². The van der Waals surface area contributed by atoms with Gasteiger partial charge in [0.1, 0.15) is 11.4 Å². The lowest BCUT2D eigenvalue weighted by atomic mass is 9.86. The highest BCUT2D eigenvalue weighted by atomic mass is 35.5. The summed E-state index contributed by atoms with van der Waals surface area (Å²) in [5.74, 6) is 4.10. The van der Waals surface area contributed by atoms with Crippen molar-refractivity contribution in [2.24, 2.45) is 11.6 Å². The summed E-state index contributed by atoms with van der Waals surface area (Å²) < 4.78 is 19.7. The van der Waals surface area contributed by atoms with Crippen LogP contribution in [0.4, 0.5) is 9.18 Å². The van der Waals surface area contributed by atoms with Crippen LogP contribution in [0.25, 0.3) is 0 Å². The summed E-state index contributed by atoms with van der Waals surface area (Å²) in [4.78, 5) is 29.1. The third-order valence-electron chi connectivity index (χ3n) is 4.63. The van der Waals surface area contributed by atoms with Crippen LogP contribution in [0, 0.1) is 5.82 Å². The Balaban J connectivity index is 1.97. The Hall–Kier alpha value is -2.75. The summed E-state index contributed by atoms with van der Waals surface area (Å²) >= 11 is 5.96. The van der Waals surface area contributed by atoms with E-state index in [9.17, 15) is 14.0 Å². The fourth-order valence-electron chi connectivity index (χ4n) is 3.17. The Labute approximate surface area is 165 Å². The molecule has 1 aromatic heterocycles. The molecule has 28 heavy (non-hydrogen) atoms. The van der Waals surface area contributed by atoms with E-state index in [0.717, 1.165) is 0 Å². The summed E-state index contributed by atoms with van der Waals surface area (Å²) in [7, 11) is 0. The zero-order chi connectivity index (χ0) is 20.3. The fraction of sp³-hybridized carbons (Fsp3) is 0.278. The molecule has 1 atom stereocenters. The molecule has 0 saturated carbocycles. The highest BCUT2D eigenvalue weighted by molar-refractivity contribution is 6.30. The average molecular weight is 408 g/mol. The molecule has 1 aliphatic rings. The van der Waals surface area contributed by atoms with Crippen molar-refractivity contribution in [2.75, 3.05) is 19.7 Å². The largest absolute Gasteiger partial charge is 0.366 e. The molecule has 8 nitrogen and oxygen atoms in total. The molecule has 5 N–H and O–H groups in total. The number of hydrazine groups is 1. The van der Waals surface area contributed by atoms with E-state index in [1.54, 1.807) is 18.2 Å². The molecule has 2 heterocycles. The molecular formula is C18H19ClFN5O3. The monoisotopic (exact) mass is 407 g/mol. The van der Waals surface area contributed by atoms with Gasteiger partial charge in [-0.05, 0) is 29.8 Å². The zero-order valence-corrected chi connectivity index (χ0v) is 15.6. The van der Waals surface area contributed by atoms with Gasteiger partial charge >= 0.3 is 6.03 Å². The number of halogens is 2. The molecule has 1 unspecified atom stereocenters. The minimum absolute atomic E-state index is 0.0559. The van der Waals surface area contributed by atoms with Gasteiger partial charge in [-0.15, -0.1) is 0 Å². The van der Waals surface area contributed by atoms with E-state index in [4.69, 9.17) is 27.9 Å².